The molecule has 216 valence electrons. The molecule has 0 bridgehead atoms. The van der Waals surface area contributed by atoms with Gasteiger partial charge in [-0.05, 0) is 81.6 Å². The average molecular weight is 623 g/mol. The molecule has 6 nitrogen and oxygen atoms in total. The van der Waals surface area contributed by atoms with Gasteiger partial charge in [-0.15, -0.1) is 0 Å². The molecule has 0 aromatic heterocycles. The molecule has 9 heteroatoms. The molecule has 4 rings (SSSR count). The second kappa shape index (κ2) is 15.8. The minimum absolute atomic E-state index is 0. The molecule has 0 aliphatic rings. The summed E-state index contributed by atoms with van der Waals surface area (Å²) in [7, 11) is -8.84. The van der Waals surface area contributed by atoms with Gasteiger partial charge in [0, 0.05) is 0 Å². The predicted molar refractivity (Wildman–Crippen MR) is 166 cm³/mol. The minimum atomic E-state index is -4.42. The number of benzene rings is 4. The first-order valence-corrected chi connectivity index (χ1v) is 16.8. The molecule has 0 saturated carbocycles. The maximum absolute atomic E-state index is 11.4. The molecule has 0 radical (unpaired) electrons. The molecule has 4 aromatic carbocycles. The molecule has 41 heavy (non-hydrogen) atoms. The normalized spacial score (nSPS) is 11.7. The molecule has 0 atom stereocenters. The van der Waals surface area contributed by atoms with Gasteiger partial charge in [0.05, 0.1) is 9.79 Å². The van der Waals surface area contributed by atoms with Gasteiger partial charge in [-0.3, -0.25) is 0 Å². The van der Waals surface area contributed by atoms with E-state index in [1.807, 2.05) is 38.1 Å². The molecule has 0 amide bonds. The molecule has 0 aliphatic carbocycles. The van der Waals surface area contributed by atoms with E-state index in [2.05, 4.69) is 26.0 Å². The minimum Gasteiger partial charge on any atom is -0.744 e. The van der Waals surface area contributed by atoms with Crippen molar-refractivity contribution in [3.63, 3.8) is 0 Å². The van der Waals surface area contributed by atoms with Gasteiger partial charge in [-0.25, -0.2) is 16.8 Å². The van der Waals surface area contributed by atoms with Gasteiger partial charge in [-0.1, -0.05) is 102 Å². The summed E-state index contributed by atoms with van der Waals surface area (Å²) >= 11 is 0. The Morgan fingerprint density at radius 2 is 0.829 bits per heavy atom. The summed E-state index contributed by atoms with van der Waals surface area (Å²) in [6.07, 6.45) is 6.79. The van der Waals surface area contributed by atoms with Crippen LogP contribution in [0.25, 0.3) is 21.5 Å². The van der Waals surface area contributed by atoms with E-state index in [9.17, 15) is 25.9 Å². The van der Waals surface area contributed by atoms with Crippen LogP contribution in [-0.2, 0) is 45.9 Å². The van der Waals surface area contributed by atoms with Gasteiger partial charge >= 0.3 is 37.7 Å². The molecule has 0 unspecified atom stereocenters. The van der Waals surface area contributed by atoms with Crippen LogP contribution < -0.4 is 0 Å². The topological polar surface area (TPSA) is 114 Å². The largest absolute Gasteiger partial charge is 2.00 e. The number of hydrogen-bond acceptors (Lipinski definition) is 6. The van der Waals surface area contributed by atoms with Gasteiger partial charge < -0.3 is 9.11 Å². The van der Waals surface area contributed by atoms with E-state index in [4.69, 9.17) is 0 Å². The van der Waals surface area contributed by atoms with Crippen LogP contribution >= 0.6 is 0 Å². The summed E-state index contributed by atoms with van der Waals surface area (Å²) in [4.78, 5) is -0.138. The quantitative estimate of drug-likeness (QED) is 0.140. The van der Waals surface area contributed by atoms with E-state index in [-0.39, 0.29) is 47.5 Å². The summed E-state index contributed by atoms with van der Waals surface area (Å²) in [5.74, 6) is 0. The molecular weight excluding hydrogens is 585 g/mol. The van der Waals surface area contributed by atoms with Crippen molar-refractivity contribution in [1.29, 1.82) is 0 Å². The van der Waals surface area contributed by atoms with E-state index in [1.54, 1.807) is 12.1 Å². The summed E-state index contributed by atoms with van der Waals surface area (Å²) in [5, 5.41) is 3.77. The zero-order chi connectivity index (χ0) is 29.5. The standard InChI is InChI=1S/2C16H20O3S.Ca/c2*1-3-5-12-7-8-13-9-10-16(20(17,18)19)14(6-4-2)15(13)11-12;/h2*7-11H,3-6H2,1-2H3,(H,17,18,19);/q;;+2/p-2. The van der Waals surface area contributed by atoms with E-state index in [0.717, 1.165) is 60.1 Å². The zero-order valence-corrected chi connectivity index (χ0v) is 28.2. The van der Waals surface area contributed by atoms with Crippen molar-refractivity contribution in [3.05, 3.63) is 82.9 Å². The number of aryl methyl sites for hydroxylation is 4. The van der Waals surface area contributed by atoms with Crippen molar-refractivity contribution in [1.82, 2.24) is 0 Å². The summed E-state index contributed by atoms with van der Waals surface area (Å²) < 4.78 is 68.6. The van der Waals surface area contributed by atoms with Gasteiger partial charge in [0.25, 0.3) is 0 Å². The Labute approximate surface area is 275 Å². The summed E-state index contributed by atoms with van der Waals surface area (Å²) in [6.45, 7) is 8.18. The summed E-state index contributed by atoms with van der Waals surface area (Å²) in [6, 6.07) is 18.5. The Hall–Kier alpha value is -1.52. The predicted octanol–water partition coefficient (Wildman–Crippen LogP) is 6.92. The zero-order valence-electron chi connectivity index (χ0n) is 24.4. The number of hydrogen-bond donors (Lipinski definition) is 0. The van der Waals surface area contributed by atoms with Crippen LogP contribution in [0.5, 0.6) is 0 Å². The Morgan fingerprint density at radius 1 is 0.512 bits per heavy atom. The molecule has 0 spiro atoms. The third-order valence-corrected chi connectivity index (χ3v) is 8.77. The van der Waals surface area contributed by atoms with Crippen LogP contribution in [0.1, 0.15) is 75.6 Å². The second-order valence-corrected chi connectivity index (χ2v) is 12.8. The Morgan fingerprint density at radius 3 is 1.12 bits per heavy atom. The van der Waals surface area contributed by atoms with Crippen LogP contribution in [0.4, 0.5) is 0 Å². The molecule has 0 heterocycles. The fourth-order valence-corrected chi connectivity index (χ4v) is 6.69. The van der Waals surface area contributed by atoms with Crippen molar-refractivity contribution in [3.8, 4) is 0 Å². The van der Waals surface area contributed by atoms with E-state index in [0.29, 0.717) is 24.0 Å². The Balaban J connectivity index is 0.000000280. The fraction of sp³-hybridized carbons (Fsp3) is 0.375. The van der Waals surface area contributed by atoms with E-state index in [1.165, 1.54) is 23.3 Å². The Bertz CT molecular complexity index is 1570. The van der Waals surface area contributed by atoms with Crippen LogP contribution in [0.15, 0.2) is 70.5 Å². The molecule has 4 aromatic rings. The molecule has 0 N–H and O–H groups in total. The van der Waals surface area contributed by atoms with Gasteiger partial charge in [0.2, 0.25) is 0 Å². The molecule has 0 saturated heterocycles. The summed E-state index contributed by atoms with van der Waals surface area (Å²) in [5.41, 5.74) is 3.69. The van der Waals surface area contributed by atoms with Crippen LogP contribution in [-0.4, -0.2) is 63.7 Å². The number of rotatable bonds is 10. The fourth-order valence-electron chi connectivity index (χ4n) is 5.19. The third kappa shape index (κ3) is 9.23. The third-order valence-electron chi connectivity index (χ3n) is 6.93. The monoisotopic (exact) mass is 622 g/mol. The van der Waals surface area contributed by atoms with Crippen LogP contribution in [0, 0.1) is 0 Å². The maximum atomic E-state index is 11.4. The van der Waals surface area contributed by atoms with E-state index >= 15 is 0 Å². The van der Waals surface area contributed by atoms with E-state index < -0.39 is 20.2 Å². The average Bonchev–Trinajstić information content (AvgIpc) is 2.89. The van der Waals surface area contributed by atoms with Crippen molar-refractivity contribution in [2.45, 2.75) is 88.9 Å². The van der Waals surface area contributed by atoms with Crippen molar-refractivity contribution in [2.24, 2.45) is 0 Å². The first kappa shape index (κ1) is 35.7. The smallest absolute Gasteiger partial charge is 0.744 e. The van der Waals surface area contributed by atoms with Gasteiger partial charge in [0.15, 0.2) is 0 Å². The van der Waals surface area contributed by atoms with Crippen LogP contribution in [0.2, 0.25) is 0 Å². The molecule has 0 aliphatic heterocycles. The Kier molecular flexibility index (Phi) is 13.8. The van der Waals surface area contributed by atoms with Crippen molar-refractivity contribution < 1.29 is 25.9 Å². The first-order chi connectivity index (χ1) is 18.9. The van der Waals surface area contributed by atoms with Crippen molar-refractivity contribution >= 4 is 79.5 Å². The molecular formula is C32H38CaO6S2. The second-order valence-electron chi connectivity index (χ2n) is 10.1. The van der Waals surface area contributed by atoms with Crippen molar-refractivity contribution in [2.75, 3.05) is 0 Å². The van der Waals surface area contributed by atoms with Gasteiger partial charge in [0.1, 0.15) is 20.2 Å². The maximum Gasteiger partial charge on any atom is 2.00 e. The number of fused-ring (bicyclic) bond motifs is 2. The first-order valence-electron chi connectivity index (χ1n) is 13.9. The molecule has 0 fully saturated rings. The SMILES string of the molecule is CCCc1ccc2ccc(S(=O)(=O)[O-])c(CCC)c2c1.CCCc1ccc2ccc(S(=O)(=O)[O-])c(CCC)c2c1.[Ca+2]. The van der Waals surface area contributed by atoms with Gasteiger partial charge in [-0.2, -0.15) is 0 Å². The van der Waals surface area contributed by atoms with Crippen LogP contribution in [0.3, 0.4) is 0 Å².